The predicted octanol–water partition coefficient (Wildman–Crippen LogP) is 6.17. The topological polar surface area (TPSA) is 77.3 Å². The zero-order valence-corrected chi connectivity index (χ0v) is 21.5. The van der Waals surface area contributed by atoms with Crippen LogP contribution in [0.5, 0.6) is 0 Å². The standard InChI is InChI=1S/C29H28F2N6/c1-27(2,3)26-33-12-16(13-34-26)22-14-32-15-23(35-22)29-10-9-18(28(29,4)5)17-11-21(36-37-25(17)29)24-19(30)7-6-8-20(24)31/h6-8,11-15,18H,9-10H2,1-5H3/t18-,29-/m0/s1. The highest BCUT2D eigenvalue weighted by molar-refractivity contribution is 5.64. The number of rotatable bonds is 3. The van der Waals surface area contributed by atoms with Gasteiger partial charge in [-0.05, 0) is 47.9 Å². The molecule has 2 aliphatic carbocycles. The molecule has 37 heavy (non-hydrogen) atoms. The van der Waals surface area contributed by atoms with Crippen molar-refractivity contribution in [2.24, 2.45) is 5.41 Å². The van der Waals surface area contributed by atoms with Crippen molar-refractivity contribution in [2.75, 3.05) is 0 Å². The summed E-state index contributed by atoms with van der Waals surface area (Å²) in [6, 6.07) is 5.64. The number of hydrogen-bond donors (Lipinski definition) is 0. The van der Waals surface area contributed by atoms with Crippen molar-refractivity contribution in [3.8, 4) is 22.5 Å². The van der Waals surface area contributed by atoms with Crippen molar-refractivity contribution in [3.05, 3.63) is 83.5 Å². The van der Waals surface area contributed by atoms with E-state index in [0.717, 1.165) is 41.2 Å². The third kappa shape index (κ3) is 3.34. The fourth-order valence-corrected chi connectivity index (χ4v) is 6.32. The second kappa shape index (κ2) is 7.91. The lowest BCUT2D eigenvalue weighted by atomic mass is 9.66. The van der Waals surface area contributed by atoms with E-state index in [1.165, 1.54) is 18.2 Å². The molecule has 0 N–H and O–H groups in total. The Bertz CT molecular complexity index is 1510. The van der Waals surface area contributed by atoms with Crippen molar-refractivity contribution in [2.45, 2.75) is 64.2 Å². The first-order valence-corrected chi connectivity index (χ1v) is 12.5. The van der Waals surface area contributed by atoms with Crippen molar-refractivity contribution in [3.63, 3.8) is 0 Å². The number of aromatic nitrogens is 6. The van der Waals surface area contributed by atoms with Gasteiger partial charge in [0.15, 0.2) is 0 Å². The Labute approximate surface area is 214 Å². The van der Waals surface area contributed by atoms with Gasteiger partial charge in [-0.15, -0.1) is 5.10 Å². The molecule has 0 radical (unpaired) electrons. The van der Waals surface area contributed by atoms with Crippen molar-refractivity contribution in [1.29, 1.82) is 0 Å². The summed E-state index contributed by atoms with van der Waals surface area (Å²) in [7, 11) is 0. The van der Waals surface area contributed by atoms with E-state index in [1.807, 2.05) is 6.07 Å². The Morgan fingerprint density at radius 3 is 2.30 bits per heavy atom. The molecule has 1 aromatic carbocycles. The van der Waals surface area contributed by atoms with Crippen LogP contribution in [0.1, 0.15) is 76.2 Å². The quantitative estimate of drug-likeness (QED) is 0.336. The van der Waals surface area contributed by atoms with Gasteiger partial charge in [0.1, 0.15) is 17.5 Å². The van der Waals surface area contributed by atoms with Crippen molar-refractivity contribution in [1.82, 2.24) is 30.1 Å². The summed E-state index contributed by atoms with van der Waals surface area (Å²) in [6.07, 6.45) is 8.87. The zero-order valence-electron chi connectivity index (χ0n) is 21.5. The van der Waals surface area contributed by atoms with Gasteiger partial charge in [0, 0.05) is 29.6 Å². The van der Waals surface area contributed by atoms with Gasteiger partial charge in [-0.1, -0.05) is 40.7 Å². The maximum Gasteiger partial charge on any atom is 0.135 e. The molecule has 3 aromatic heterocycles. The highest BCUT2D eigenvalue weighted by Crippen LogP contribution is 2.69. The Hall–Kier alpha value is -3.68. The van der Waals surface area contributed by atoms with Gasteiger partial charge < -0.3 is 0 Å². The number of hydrogen-bond acceptors (Lipinski definition) is 6. The molecule has 6 rings (SSSR count). The highest BCUT2D eigenvalue weighted by Gasteiger charge is 2.65. The minimum absolute atomic E-state index is 0.145. The molecule has 8 heteroatoms. The SMILES string of the molecule is CC(C)(C)c1ncc(-c2cncc([C@@]34CC[C@@H](c5cc(-c6c(F)cccc6F)nnc53)C4(C)C)n2)cn1. The third-order valence-electron chi connectivity index (χ3n) is 8.29. The highest BCUT2D eigenvalue weighted by atomic mass is 19.1. The summed E-state index contributed by atoms with van der Waals surface area (Å²) in [5, 5.41) is 8.92. The minimum Gasteiger partial charge on any atom is -0.261 e. The van der Waals surface area contributed by atoms with Gasteiger partial charge >= 0.3 is 0 Å². The predicted molar refractivity (Wildman–Crippen MR) is 136 cm³/mol. The first kappa shape index (κ1) is 23.7. The van der Waals surface area contributed by atoms with E-state index in [0.29, 0.717) is 5.69 Å². The van der Waals surface area contributed by atoms with Crippen molar-refractivity contribution < 1.29 is 8.78 Å². The van der Waals surface area contributed by atoms with Gasteiger partial charge in [-0.3, -0.25) is 4.98 Å². The summed E-state index contributed by atoms with van der Waals surface area (Å²) in [6.45, 7) is 10.6. The van der Waals surface area contributed by atoms with Crippen LogP contribution in [0.25, 0.3) is 22.5 Å². The smallest absolute Gasteiger partial charge is 0.135 e. The lowest BCUT2D eigenvalue weighted by Crippen LogP contribution is -2.38. The van der Waals surface area contributed by atoms with Gasteiger partial charge in [0.25, 0.3) is 0 Å². The Balaban J connectivity index is 1.46. The number of benzene rings is 1. The van der Waals surface area contributed by atoms with Gasteiger partial charge in [-0.25, -0.2) is 23.7 Å². The van der Waals surface area contributed by atoms with Gasteiger partial charge in [0.05, 0.1) is 40.0 Å². The second-order valence-corrected chi connectivity index (χ2v) is 11.7. The van der Waals surface area contributed by atoms with E-state index in [4.69, 9.17) is 4.98 Å². The fourth-order valence-electron chi connectivity index (χ4n) is 6.32. The average molecular weight is 499 g/mol. The summed E-state index contributed by atoms with van der Waals surface area (Å²) in [5.41, 5.74) is 3.27. The van der Waals surface area contributed by atoms with E-state index in [9.17, 15) is 8.78 Å². The van der Waals surface area contributed by atoms with Crippen LogP contribution in [-0.2, 0) is 10.8 Å². The lowest BCUT2D eigenvalue weighted by Gasteiger charge is -2.37. The number of fused-ring (bicyclic) bond motifs is 5. The third-order valence-corrected chi connectivity index (χ3v) is 8.29. The molecule has 2 aliphatic rings. The minimum atomic E-state index is -0.648. The van der Waals surface area contributed by atoms with Crippen LogP contribution in [0, 0.1) is 17.0 Å². The molecule has 0 saturated heterocycles. The summed E-state index contributed by atoms with van der Waals surface area (Å²) >= 11 is 0. The second-order valence-electron chi connectivity index (χ2n) is 11.7. The summed E-state index contributed by atoms with van der Waals surface area (Å²) in [4.78, 5) is 18.7. The van der Waals surface area contributed by atoms with E-state index < -0.39 is 17.0 Å². The molecule has 188 valence electrons. The molecule has 0 unspecified atom stereocenters. The Morgan fingerprint density at radius 1 is 0.919 bits per heavy atom. The molecule has 3 heterocycles. The molecule has 0 amide bonds. The Morgan fingerprint density at radius 2 is 1.62 bits per heavy atom. The van der Waals surface area contributed by atoms with Crippen LogP contribution in [-0.4, -0.2) is 30.1 Å². The number of halogens is 2. The van der Waals surface area contributed by atoms with Crippen LogP contribution in [0.3, 0.4) is 0 Å². The molecule has 6 nitrogen and oxygen atoms in total. The van der Waals surface area contributed by atoms with Crippen LogP contribution >= 0.6 is 0 Å². The van der Waals surface area contributed by atoms with E-state index in [-0.39, 0.29) is 28.0 Å². The average Bonchev–Trinajstić information content (AvgIpc) is 3.24. The molecule has 0 spiro atoms. The van der Waals surface area contributed by atoms with Crippen LogP contribution < -0.4 is 0 Å². The van der Waals surface area contributed by atoms with Gasteiger partial charge in [0.2, 0.25) is 0 Å². The number of nitrogens with zero attached hydrogens (tertiary/aromatic N) is 6. The summed E-state index contributed by atoms with van der Waals surface area (Å²) in [5.74, 6) is -0.374. The maximum atomic E-state index is 14.5. The maximum absolute atomic E-state index is 14.5. The zero-order chi connectivity index (χ0) is 26.2. The molecule has 1 fully saturated rings. The van der Waals surface area contributed by atoms with Crippen LogP contribution in [0.4, 0.5) is 8.78 Å². The van der Waals surface area contributed by atoms with Crippen LogP contribution in [0.2, 0.25) is 0 Å². The van der Waals surface area contributed by atoms with Crippen molar-refractivity contribution >= 4 is 0 Å². The molecule has 0 aliphatic heterocycles. The lowest BCUT2D eigenvalue weighted by molar-refractivity contribution is 0.242. The Kier molecular flexibility index (Phi) is 5.07. The van der Waals surface area contributed by atoms with E-state index in [1.54, 1.807) is 24.8 Å². The molecular weight excluding hydrogens is 470 g/mol. The first-order chi connectivity index (χ1) is 17.5. The molecule has 1 saturated carbocycles. The largest absolute Gasteiger partial charge is 0.261 e. The molecule has 2 atom stereocenters. The normalized spacial score (nSPS) is 21.8. The molecular formula is C29H28F2N6. The monoisotopic (exact) mass is 498 g/mol. The molecule has 2 bridgehead atoms. The molecule has 4 aromatic rings. The first-order valence-electron chi connectivity index (χ1n) is 12.5. The van der Waals surface area contributed by atoms with E-state index >= 15 is 0 Å². The fraction of sp³-hybridized carbons (Fsp3) is 0.379. The van der Waals surface area contributed by atoms with Gasteiger partial charge in [-0.2, -0.15) is 5.10 Å². The van der Waals surface area contributed by atoms with Crippen LogP contribution in [0.15, 0.2) is 49.1 Å². The summed E-state index contributed by atoms with van der Waals surface area (Å²) < 4.78 is 29.1. The van der Waals surface area contributed by atoms with E-state index in [2.05, 4.69) is 59.8 Å².